The minimum absolute atomic E-state index is 0.451. The Bertz CT molecular complexity index is 226. The Balaban J connectivity index is 4.21. The Morgan fingerprint density at radius 1 is 1.56 bits per heavy atom. The number of hydrogen-bond acceptors (Lipinski definition) is 3. The van der Waals surface area contributed by atoms with Gasteiger partial charge in [0.2, 0.25) is 4.69 Å². The number of carbonyl (C=O) groups is 1. The number of halogens is 1. The molecule has 5 heteroatoms. The summed E-state index contributed by atoms with van der Waals surface area (Å²) in [7, 11) is -3.15. The molecule has 0 aromatic carbocycles. The molecular weight excluding hydrogens is 208 g/mol. The largest absolute Gasteiger partial charge is 0.282 e. The van der Waals surface area contributed by atoms with E-state index in [4.69, 9.17) is 0 Å². The molecule has 0 aliphatic rings. The molecule has 0 aliphatic heterocycles. The summed E-state index contributed by atoms with van der Waals surface area (Å²) in [6, 6.07) is 0. The Labute approximate surface area is 61.8 Å². The lowest BCUT2D eigenvalue weighted by atomic mass is 10.7. The third-order valence-electron chi connectivity index (χ3n) is 0.446. The lowest BCUT2D eigenvalue weighted by Gasteiger charge is -1.79. The first kappa shape index (κ1) is 8.84. The first-order valence-electron chi connectivity index (χ1n) is 1.99. The van der Waals surface area contributed by atoms with Crippen LogP contribution in [0.1, 0.15) is 0 Å². The maximum absolute atomic E-state index is 10.3. The monoisotopic (exact) mass is 212 g/mol. The topological polar surface area (TPSA) is 51.2 Å². The SMILES string of the molecule is CS(=O)(=O)/C=C/C(=O)Br. The number of hydrogen-bond donors (Lipinski definition) is 0. The van der Waals surface area contributed by atoms with Crippen LogP contribution in [-0.4, -0.2) is 19.4 Å². The zero-order valence-electron chi connectivity index (χ0n) is 4.67. The Morgan fingerprint density at radius 3 is 2.11 bits per heavy atom. The van der Waals surface area contributed by atoms with Crippen LogP contribution in [0.5, 0.6) is 0 Å². The fourth-order valence-electron chi connectivity index (χ4n) is 0.177. The van der Waals surface area contributed by atoms with Crippen LogP contribution in [0, 0.1) is 0 Å². The van der Waals surface area contributed by atoms with Crippen molar-refractivity contribution < 1.29 is 13.2 Å². The van der Waals surface area contributed by atoms with Crippen LogP contribution in [-0.2, 0) is 14.6 Å². The van der Waals surface area contributed by atoms with Gasteiger partial charge in [0, 0.05) is 17.7 Å². The molecule has 0 heterocycles. The molecule has 0 aromatic heterocycles. The van der Waals surface area contributed by atoms with Gasteiger partial charge in [-0.05, 0) is 15.9 Å². The second-order valence-electron chi connectivity index (χ2n) is 1.44. The summed E-state index contributed by atoms with van der Waals surface area (Å²) < 4.78 is 20.1. The van der Waals surface area contributed by atoms with E-state index < -0.39 is 14.5 Å². The van der Waals surface area contributed by atoms with Gasteiger partial charge in [0.1, 0.15) is 0 Å². The third-order valence-corrected chi connectivity index (χ3v) is 1.34. The molecule has 0 aliphatic carbocycles. The van der Waals surface area contributed by atoms with E-state index in [1.807, 2.05) is 0 Å². The maximum atomic E-state index is 10.3. The van der Waals surface area contributed by atoms with Crippen molar-refractivity contribution >= 4 is 30.5 Å². The molecule has 0 bridgehead atoms. The molecule has 0 unspecified atom stereocenters. The van der Waals surface area contributed by atoms with Gasteiger partial charge in [-0.25, -0.2) is 8.42 Å². The highest BCUT2D eigenvalue weighted by Crippen LogP contribution is 1.90. The highest BCUT2D eigenvalue weighted by Gasteiger charge is 1.93. The molecule has 0 amide bonds. The van der Waals surface area contributed by atoms with Crippen molar-refractivity contribution in [2.24, 2.45) is 0 Å². The lowest BCUT2D eigenvalue weighted by Crippen LogP contribution is -1.89. The molecule has 9 heavy (non-hydrogen) atoms. The molecule has 0 N–H and O–H groups in total. The van der Waals surface area contributed by atoms with E-state index in [-0.39, 0.29) is 0 Å². The fourth-order valence-corrected chi connectivity index (χ4v) is 0.855. The average molecular weight is 213 g/mol. The zero-order chi connectivity index (χ0) is 7.49. The highest BCUT2D eigenvalue weighted by atomic mass is 79.9. The van der Waals surface area contributed by atoms with E-state index in [9.17, 15) is 13.2 Å². The summed E-state index contributed by atoms with van der Waals surface area (Å²) in [6.07, 6.45) is 1.95. The molecule has 0 saturated heterocycles. The summed E-state index contributed by atoms with van der Waals surface area (Å²) in [5.74, 6) is 0. The third kappa shape index (κ3) is 7.84. The lowest BCUT2D eigenvalue weighted by molar-refractivity contribution is -0.106. The van der Waals surface area contributed by atoms with Crippen LogP contribution in [0.15, 0.2) is 11.5 Å². The summed E-state index contributed by atoms with van der Waals surface area (Å²) in [6.45, 7) is 0. The molecule has 0 spiro atoms. The van der Waals surface area contributed by atoms with E-state index >= 15 is 0 Å². The molecule has 0 atom stereocenters. The van der Waals surface area contributed by atoms with Gasteiger partial charge < -0.3 is 0 Å². The quantitative estimate of drug-likeness (QED) is 0.494. The van der Waals surface area contributed by atoms with E-state index in [2.05, 4.69) is 15.9 Å². The second-order valence-corrected chi connectivity index (χ2v) is 4.15. The summed E-state index contributed by atoms with van der Waals surface area (Å²) in [5, 5.41) is 0.837. The minimum atomic E-state index is -3.15. The van der Waals surface area contributed by atoms with Crippen LogP contribution in [0.3, 0.4) is 0 Å². The Kier molecular flexibility index (Phi) is 3.07. The Hall–Kier alpha value is -0.160. The first-order chi connectivity index (χ1) is 3.92. The van der Waals surface area contributed by atoms with Gasteiger partial charge in [-0.1, -0.05) is 0 Å². The summed E-state index contributed by atoms with van der Waals surface area (Å²) in [4.78, 5) is 10.1. The van der Waals surface area contributed by atoms with Crippen LogP contribution in [0.2, 0.25) is 0 Å². The number of allylic oxidation sites excluding steroid dienone is 1. The first-order valence-corrected chi connectivity index (χ1v) is 4.74. The molecule has 0 aromatic rings. The Morgan fingerprint density at radius 2 is 2.00 bits per heavy atom. The molecule has 0 saturated carbocycles. The molecule has 0 fully saturated rings. The minimum Gasteiger partial charge on any atom is -0.282 e. The van der Waals surface area contributed by atoms with E-state index in [0.29, 0.717) is 0 Å². The van der Waals surface area contributed by atoms with Crippen molar-refractivity contribution in [3.05, 3.63) is 11.5 Å². The smallest absolute Gasteiger partial charge is 0.221 e. The molecule has 52 valence electrons. The van der Waals surface area contributed by atoms with Gasteiger partial charge in [0.25, 0.3) is 0 Å². The van der Waals surface area contributed by atoms with Gasteiger partial charge in [0.15, 0.2) is 9.84 Å². The van der Waals surface area contributed by atoms with Gasteiger partial charge in [-0.2, -0.15) is 0 Å². The van der Waals surface area contributed by atoms with Crippen LogP contribution < -0.4 is 0 Å². The van der Waals surface area contributed by atoms with Crippen LogP contribution in [0.25, 0.3) is 0 Å². The van der Waals surface area contributed by atoms with Crippen molar-refractivity contribution in [1.29, 1.82) is 0 Å². The molecule has 3 nitrogen and oxygen atoms in total. The van der Waals surface area contributed by atoms with Crippen molar-refractivity contribution in [3.63, 3.8) is 0 Å². The van der Waals surface area contributed by atoms with Crippen molar-refractivity contribution in [3.8, 4) is 0 Å². The summed E-state index contributed by atoms with van der Waals surface area (Å²) >= 11 is 2.54. The van der Waals surface area contributed by atoms with Crippen molar-refractivity contribution in [1.82, 2.24) is 0 Å². The number of rotatable bonds is 2. The number of carbonyl (C=O) groups excluding carboxylic acids is 1. The van der Waals surface area contributed by atoms with Crippen molar-refractivity contribution in [2.45, 2.75) is 0 Å². The van der Waals surface area contributed by atoms with Gasteiger partial charge in [0.05, 0.1) is 0 Å². The standard InChI is InChI=1S/C4H5BrO3S/c1-9(7,8)3-2-4(5)6/h2-3H,1H3/b3-2+. The zero-order valence-corrected chi connectivity index (χ0v) is 7.07. The van der Waals surface area contributed by atoms with E-state index in [1.54, 1.807) is 0 Å². The van der Waals surface area contributed by atoms with Crippen LogP contribution in [0.4, 0.5) is 0 Å². The predicted molar refractivity (Wildman–Crippen MR) is 37.9 cm³/mol. The maximum Gasteiger partial charge on any atom is 0.221 e. The molecular formula is C4H5BrO3S. The highest BCUT2D eigenvalue weighted by molar-refractivity contribution is 9.18. The van der Waals surface area contributed by atoms with Gasteiger partial charge in [-0.3, -0.25) is 4.79 Å². The van der Waals surface area contributed by atoms with E-state index in [0.717, 1.165) is 17.7 Å². The van der Waals surface area contributed by atoms with E-state index in [1.165, 1.54) is 0 Å². The average Bonchev–Trinajstić information content (AvgIpc) is 1.59. The molecule has 0 radical (unpaired) electrons. The predicted octanol–water partition coefficient (Wildman–Crippen LogP) is 0.466. The fraction of sp³-hybridized carbons (Fsp3) is 0.250. The molecule has 0 rings (SSSR count). The van der Waals surface area contributed by atoms with Crippen molar-refractivity contribution in [2.75, 3.05) is 6.26 Å². The summed E-state index contributed by atoms with van der Waals surface area (Å²) in [5.41, 5.74) is 0. The number of sulfone groups is 1. The second kappa shape index (κ2) is 3.12. The van der Waals surface area contributed by atoms with Crippen LogP contribution >= 0.6 is 15.9 Å². The normalized spacial score (nSPS) is 12.2. The van der Waals surface area contributed by atoms with Gasteiger partial charge >= 0.3 is 0 Å². The van der Waals surface area contributed by atoms with Gasteiger partial charge in [-0.15, -0.1) is 0 Å².